The lowest BCUT2D eigenvalue weighted by Crippen LogP contribution is -2.10. The number of nitrogens with one attached hydrogen (secondary N) is 1. The predicted octanol–water partition coefficient (Wildman–Crippen LogP) is 6.44. The molecule has 3 aromatic rings. The Kier molecular flexibility index (Phi) is 7.47. The molecule has 0 saturated heterocycles. The maximum absolute atomic E-state index is 13.9. The summed E-state index contributed by atoms with van der Waals surface area (Å²) < 4.78 is 25.7. The van der Waals surface area contributed by atoms with Crippen molar-refractivity contribution >= 4 is 33.6 Å². The number of para-hydroxylation sites is 1. The van der Waals surface area contributed by atoms with Crippen molar-refractivity contribution in [1.29, 1.82) is 0 Å². The third kappa shape index (κ3) is 5.73. The molecule has 31 heavy (non-hydrogen) atoms. The molecule has 160 valence electrons. The van der Waals surface area contributed by atoms with E-state index in [1.165, 1.54) is 19.3 Å². The average Bonchev–Trinajstić information content (AvgIpc) is 2.75. The van der Waals surface area contributed by atoms with Gasteiger partial charge in [-0.1, -0.05) is 36.4 Å². The number of methoxy groups -OCH3 is 1. The van der Waals surface area contributed by atoms with Crippen LogP contribution >= 0.6 is 15.9 Å². The zero-order valence-corrected chi connectivity index (χ0v) is 19.1. The van der Waals surface area contributed by atoms with Gasteiger partial charge in [-0.3, -0.25) is 4.79 Å². The van der Waals surface area contributed by atoms with Crippen LogP contribution < -0.4 is 14.8 Å². The zero-order chi connectivity index (χ0) is 22.4. The van der Waals surface area contributed by atoms with Gasteiger partial charge in [0.15, 0.2) is 11.5 Å². The van der Waals surface area contributed by atoms with Crippen LogP contribution in [0.4, 0.5) is 10.1 Å². The summed E-state index contributed by atoms with van der Waals surface area (Å²) in [7, 11) is 1.53. The fourth-order valence-electron chi connectivity index (χ4n) is 3.09. The van der Waals surface area contributed by atoms with Crippen molar-refractivity contribution < 1.29 is 18.7 Å². The van der Waals surface area contributed by atoms with Crippen molar-refractivity contribution in [3.63, 3.8) is 0 Å². The standard InChI is InChI=1S/C25H23BrFNO3/c1-16-7-6-8-17(2)24(16)28-23(29)12-11-18-13-20(26)25(22(14-18)30-3)31-15-19-9-4-5-10-21(19)27/h4-14H,15H2,1-3H3,(H,28,29)/b12-11+. The van der Waals surface area contributed by atoms with Gasteiger partial charge in [-0.05, 0) is 70.7 Å². The van der Waals surface area contributed by atoms with Crippen LogP contribution in [0.25, 0.3) is 6.08 Å². The molecule has 0 saturated carbocycles. The SMILES string of the molecule is COc1cc(/C=C/C(=O)Nc2c(C)cccc2C)cc(Br)c1OCc1ccccc1F. The minimum Gasteiger partial charge on any atom is -0.493 e. The molecule has 0 aliphatic carbocycles. The summed E-state index contributed by atoms with van der Waals surface area (Å²) in [6.45, 7) is 3.97. The quantitative estimate of drug-likeness (QED) is 0.393. The Hall–Kier alpha value is -3.12. The topological polar surface area (TPSA) is 47.6 Å². The number of carbonyl (C=O) groups is 1. The number of halogens is 2. The lowest BCUT2D eigenvalue weighted by Gasteiger charge is -2.14. The molecule has 0 heterocycles. The van der Waals surface area contributed by atoms with Gasteiger partial charge in [0.25, 0.3) is 0 Å². The number of hydrogen-bond donors (Lipinski definition) is 1. The Morgan fingerprint density at radius 3 is 2.48 bits per heavy atom. The van der Waals surface area contributed by atoms with Crippen molar-refractivity contribution in [2.75, 3.05) is 12.4 Å². The van der Waals surface area contributed by atoms with Gasteiger partial charge < -0.3 is 14.8 Å². The summed E-state index contributed by atoms with van der Waals surface area (Å²) in [5, 5.41) is 2.92. The molecule has 0 aliphatic heterocycles. The van der Waals surface area contributed by atoms with Crippen molar-refractivity contribution in [2.24, 2.45) is 0 Å². The van der Waals surface area contributed by atoms with Gasteiger partial charge in [-0.15, -0.1) is 0 Å². The van der Waals surface area contributed by atoms with E-state index in [9.17, 15) is 9.18 Å². The molecule has 6 heteroatoms. The molecule has 0 bridgehead atoms. The number of ether oxygens (including phenoxy) is 2. The normalized spacial score (nSPS) is 10.9. The van der Waals surface area contributed by atoms with E-state index >= 15 is 0 Å². The highest BCUT2D eigenvalue weighted by atomic mass is 79.9. The molecule has 0 aromatic heterocycles. The van der Waals surface area contributed by atoms with Crippen LogP contribution in [0.1, 0.15) is 22.3 Å². The van der Waals surface area contributed by atoms with Crippen LogP contribution in [-0.2, 0) is 11.4 Å². The van der Waals surface area contributed by atoms with Gasteiger partial charge in [0, 0.05) is 17.3 Å². The number of anilines is 1. The lowest BCUT2D eigenvalue weighted by atomic mass is 10.1. The summed E-state index contributed by atoms with van der Waals surface area (Å²) >= 11 is 3.48. The maximum atomic E-state index is 13.9. The summed E-state index contributed by atoms with van der Waals surface area (Å²) in [6, 6.07) is 15.9. The van der Waals surface area contributed by atoms with Crippen molar-refractivity contribution in [3.05, 3.63) is 93.2 Å². The number of benzene rings is 3. The smallest absolute Gasteiger partial charge is 0.248 e. The highest BCUT2D eigenvalue weighted by Gasteiger charge is 2.13. The van der Waals surface area contributed by atoms with Crippen LogP contribution in [0.3, 0.4) is 0 Å². The van der Waals surface area contributed by atoms with Crippen LogP contribution in [0.2, 0.25) is 0 Å². The summed E-state index contributed by atoms with van der Waals surface area (Å²) in [5.74, 6) is 0.378. The molecule has 0 spiro atoms. The van der Waals surface area contributed by atoms with Gasteiger partial charge in [-0.25, -0.2) is 4.39 Å². The number of amides is 1. The van der Waals surface area contributed by atoms with E-state index in [2.05, 4.69) is 21.2 Å². The van der Waals surface area contributed by atoms with E-state index in [4.69, 9.17) is 9.47 Å². The van der Waals surface area contributed by atoms with E-state index in [0.717, 1.165) is 22.4 Å². The summed E-state index contributed by atoms with van der Waals surface area (Å²) in [6.07, 6.45) is 3.16. The third-order valence-corrected chi connectivity index (χ3v) is 5.33. The molecule has 0 radical (unpaired) electrons. The minimum absolute atomic E-state index is 0.0645. The Morgan fingerprint density at radius 1 is 1.10 bits per heavy atom. The Morgan fingerprint density at radius 2 is 1.81 bits per heavy atom. The second kappa shape index (κ2) is 10.3. The molecule has 0 aliphatic rings. The van der Waals surface area contributed by atoms with Crippen molar-refractivity contribution in [3.8, 4) is 11.5 Å². The monoisotopic (exact) mass is 483 g/mol. The highest BCUT2D eigenvalue weighted by Crippen LogP contribution is 2.37. The molecule has 1 N–H and O–H groups in total. The van der Waals surface area contributed by atoms with E-state index in [1.807, 2.05) is 38.1 Å². The third-order valence-electron chi connectivity index (χ3n) is 4.74. The van der Waals surface area contributed by atoms with E-state index in [-0.39, 0.29) is 18.3 Å². The Balaban J connectivity index is 1.74. The van der Waals surface area contributed by atoms with Crippen molar-refractivity contribution in [1.82, 2.24) is 0 Å². The first-order valence-corrected chi connectivity index (χ1v) is 10.5. The average molecular weight is 484 g/mol. The fourth-order valence-corrected chi connectivity index (χ4v) is 3.66. The van der Waals surface area contributed by atoms with E-state index < -0.39 is 0 Å². The first kappa shape index (κ1) is 22.6. The molecule has 1 amide bonds. The van der Waals surface area contributed by atoms with Gasteiger partial charge >= 0.3 is 0 Å². The molecule has 4 nitrogen and oxygen atoms in total. The molecule has 0 atom stereocenters. The number of carbonyl (C=O) groups excluding carboxylic acids is 1. The van der Waals surface area contributed by atoms with Gasteiger partial charge in [0.05, 0.1) is 11.6 Å². The fraction of sp³-hybridized carbons (Fsp3) is 0.160. The molecular formula is C25H23BrFNO3. The molecule has 3 rings (SSSR count). The Labute approximate surface area is 189 Å². The van der Waals surface area contributed by atoms with Crippen LogP contribution in [-0.4, -0.2) is 13.0 Å². The number of rotatable bonds is 7. The Bertz CT molecular complexity index is 1110. The number of aryl methyl sites for hydroxylation is 2. The van der Waals surface area contributed by atoms with Gasteiger partial charge in [0.1, 0.15) is 12.4 Å². The first-order valence-electron chi connectivity index (χ1n) is 9.68. The maximum Gasteiger partial charge on any atom is 0.248 e. The van der Waals surface area contributed by atoms with Gasteiger partial charge in [0.2, 0.25) is 5.91 Å². The highest BCUT2D eigenvalue weighted by molar-refractivity contribution is 9.10. The van der Waals surface area contributed by atoms with E-state index in [1.54, 1.807) is 30.3 Å². The van der Waals surface area contributed by atoms with Crippen LogP contribution in [0.5, 0.6) is 11.5 Å². The van der Waals surface area contributed by atoms with Crippen LogP contribution in [0, 0.1) is 19.7 Å². The summed E-state index contributed by atoms with van der Waals surface area (Å²) in [4.78, 5) is 12.4. The largest absolute Gasteiger partial charge is 0.493 e. The molecule has 0 unspecified atom stereocenters. The molecular weight excluding hydrogens is 461 g/mol. The predicted molar refractivity (Wildman–Crippen MR) is 125 cm³/mol. The van der Waals surface area contributed by atoms with Gasteiger partial charge in [-0.2, -0.15) is 0 Å². The van der Waals surface area contributed by atoms with Crippen molar-refractivity contribution in [2.45, 2.75) is 20.5 Å². The second-order valence-corrected chi connectivity index (χ2v) is 7.86. The zero-order valence-electron chi connectivity index (χ0n) is 17.5. The first-order chi connectivity index (χ1) is 14.9. The van der Waals surface area contributed by atoms with E-state index in [0.29, 0.717) is 21.5 Å². The molecule has 3 aromatic carbocycles. The minimum atomic E-state index is -0.327. The lowest BCUT2D eigenvalue weighted by molar-refractivity contribution is -0.111. The second-order valence-electron chi connectivity index (χ2n) is 7.00. The summed E-state index contributed by atoms with van der Waals surface area (Å²) in [5.41, 5.74) is 4.01. The molecule has 0 fully saturated rings. The van der Waals surface area contributed by atoms with Crippen LogP contribution in [0.15, 0.2) is 65.1 Å². The number of hydrogen-bond acceptors (Lipinski definition) is 3.